The Labute approximate surface area is 104 Å². The molecule has 0 aromatic heterocycles. The summed E-state index contributed by atoms with van der Waals surface area (Å²) in [4.78, 5) is 13.1. The number of sulfone groups is 1. The molecule has 0 heterocycles. The number of esters is 1. The molecule has 0 spiro atoms. The van der Waals surface area contributed by atoms with Crippen molar-refractivity contribution >= 4 is 15.8 Å². The van der Waals surface area contributed by atoms with Gasteiger partial charge in [-0.2, -0.15) is 0 Å². The lowest BCUT2D eigenvalue weighted by atomic mass is 10.3. The molecule has 0 atom stereocenters. The summed E-state index contributed by atoms with van der Waals surface area (Å²) in [7, 11) is -1.55. The van der Waals surface area contributed by atoms with Crippen molar-refractivity contribution in [1.29, 1.82) is 0 Å². The van der Waals surface area contributed by atoms with Gasteiger partial charge in [-0.3, -0.25) is 9.69 Å². The summed E-state index contributed by atoms with van der Waals surface area (Å²) in [6.45, 7) is 5.29. The SMILES string of the molecule is CCCN(CCCS(=O)(=O)CC)CC(=O)OC. The molecule has 0 aliphatic carbocycles. The van der Waals surface area contributed by atoms with E-state index in [1.165, 1.54) is 7.11 Å². The van der Waals surface area contributed by atoms with E-state index < -0.39 is 9.84 Å². The van der Waals surface area contributed by atoms with Crippen LogP contribution in [0.1, 0.15) is 26.7 Å². The zero-order valence-corrected chi connectivity index (χ0v) is 11.8. The van der Waals surface area contributed by atoms with E-state index in [1.54, 1.807) is 6.92 Å². The minimum Gasteiger partial charge on any atom is -0.468 e. The fraction of sp³-hybridized carbons (Fsp3) is 0.909. The molecule has 0 N–H and O–H groups in total. The Hall–Kier alpha value is -0.620. The van der Waals surface area contributed by atoms with Crippen LogP contribution in [0.5, 0.6) is 0 Å². The van der Waals surface area contributed by atoms with Crippen molar-refractivity contribution in [3.8, 4) is 0 Å². The Bertz CT molecular complexity index is 313. The van der Waals surface area contributed by atoms with E-state index in [2.05, 4.69) is 4.74 Å². The average Bonchev–Trinajstić information content (AvgIpc) is 2.29. The van der Waals surface area contributed by atoms with E-state index in [0.29, 0.717) is 13.0 Å². The van der Waals surface area contributed by atoms with Crippen LogP contribution in [-0.2, 0) is 19.4 Å². The summed E-state index contributed by atoms with van der Waals surface area (Å²) in [5.41, 5.74) is 0. The summed E-state index contributed by atoms with van der Waals surface area (Å²) < 4.78 is 27.2. The lowest BCUT2D eigenvalue weighted by Crippen LogP contribution is -2.33. The second kappa shape index (κ2) is 8.47. The van der Waals surface area contributed by atoms with Gasteiger partial charge in [-0.15, -0.1) is 0 Å². The third kappa shape index (κ3) is 8.15. The molecule has 0 saturated carbocycles. The molecule has 0 aromatic rings. The third-order valence-corrected chi connectivity index (χ3v) is 4.28. The second-order valence-corrected chi connectivity index (χ2v) is 6.41. The van der Waals surface area contributed by atoms with E-state index in [0.717, 1.165) is 13.0 Å². The highest BCUT2D eigenvalue weighted by molar-refractivity contribution is 7.91. The summed E-state index contributed by atoms with van der Waals surface area (Å²) >= 11 is 0. The summed E-state index contributed by atoms with van der Waals surface area (Å²) in [6, 6.07) is 0. The summed E-state index contributed by atoms with van der Waals surface area (Å²) in [6.07, 6.45) is 1.49. The van der Waals surface area contributed by atoms with Crippen LogP contribution in [0.25, 0.3) is 0 Å². The molecule has 0 unspecified atom stereocenters. The lowest BCUT2D eigenvalue weighted by Gasteiger charge is -2.19. The fourth-order valence-electron chi connectivity index (χ4n) is 1.49. The van der Waals surface area contributed by atoms with Crippen molar-refractivity contribution in [1.82, 2.24) is 4.90 Å². The number of hydrogen-bond donors (Lipinski definition) is 0. The molecule has 0 aliphatic heterocycles. The minimum absolute atomic E-state index is 0.178. The zero-order valence-electron chi connectivity index (χ0n) is 10.9. The van der Waals surface area contributed by atoms with Crippen molar-refractivity contribution < 1.29 is 17.9 Å². The van der Waals surface area contributed by atoms with Crippen LogP contribution in [0.15, 0.2) is 0 Å². The number of rotatable bonds is 9. The molecule has 0 radical (unpaired) electrons. The molecule has 5 nitrogen and oxygen atoms in total. The number of methoxy groups -OCH3 is 1. The van der Waals surface area contributed by atoms with Gasteiger partial charge in [0.2, 0.25) is 0 Å². The molecular formula is C11H23NO4S. The zero-order chi connectivity index (χ0) is 13.3. The Balaban J connectivity index is 4.05. The maximum Gasteiger partial charge on any atom is 0.319 e. The molecule has 0 saturated heterocycles. The average molecular weight is 265 g/mol. The number of carbonyl (C=O) groups is 1. The molecule has 0 aliphatic rings. The number of carbonyl (C=O) groups excluding carboxylic acids is 1. The van der Waals surface area contributed by atoms with Crippen molar-refractivity contribution in [2.24, 2.45) is 0 Å². The Morgan fingerprint density at radius 3 is 2.35 bits per heavy atom. The first-order valence-corrected chi connectivity index (χ1v) is 7.76. The monoisotopic (exact) mass is 265 g/mol. The third-order valence-electron chi connectivity index (χ3n) is 2.49. The first-order valence-electron chi connectivity index (χ1n) is 5.94. The fourth-order valence-corrected chi connectivity index (χ4v) is 2.34. The standard InChI is InChI=1S/C11H23NO4S/c1-4-7-12(10-11(13)16-3)8-6-9-17(14,15)5-2/h4-10H2,1-3H3. The molecule has 6 heteroatoms. The molecular weight excluding hydrogens is 242 g/mol. The van der Waals surface area contributed by atoms with Crippen LogP contribution in [-0.4, -0.2) is 57.5 Å². The molecule has 102 valence electrons. The minimum atomic E-state index is -2.91. The molecule has 0 rings (SSSR count). The molecule has 0 bridgehead atoms. The molecule has 17 heavy (non-hydrogen) atoms. The number of hydrogen-bond acceptors (Lipinski definition) is 5. The van der Waals surface area contributed by atoms with Gasteiger partial charge in [0.05, 0.1) is 19.4 Å². The van der Waals surface area contributed by atoms with E-state index in [4.69, 9.17) is 0 Å². The van der Waals surface area contributed by atoms with E-state index >= 15 is 0 Å². The van der Waals surface area contributed by atoms with Crippen LogP contribution >= 0.6 is 0 Å². The van der Waals surface area contributed by atoms with E-state index in [1.807, 2.05) is 11.8 Å². The smallest absolute Gasteiger partial charge is 0.319 e. The van der Waals surface area contributed by atoms with Gasteiger partial charge in [0.15, 0.2) is 0 Å². The molecule has 0 aromatic carbocycles. The predicted molar refractivity (Wildman–Crippen MR) is 67.7 cm³/mol. The van der Waals surface area contributed by atoms with Crippen molar-refractivity contribution in [2.75, 3.05) is 38.2 Å². The maximum absolute atomic E-state index is 11.3. The van der Waals surface area contributed by atoms with Crippen molar-refractivity contribution in [3.05, 3.63) is 0 Å². The van der Waals surface area contributed by atoms with Gasteiger partial charge in [0, 0.05) is 5.75 Å². The van der Waals surface area contributed by atoms with Crippen LogP contribution in [0.4, 0.5) is 0 Å². The van der Waals surface area contributed by atoms with Crippen LogP contribution in [0, 0.1) is 0 Å². The maximum atomic E-state index is 11.3. The summed E-state index contributed by atoms with van der Waals surface area (Å²) in [5.74, 6) is 0.0830. The van der Waals surface area contributed by atoms with Crippen LogP contribution in [0.2, 0.25) is 0 Å². The van der Waals surface area contributed by atoms with Gasteiger partial charge < -0.3 is 4.74 Å². The Morgan fingerprint density at radius 1 is 1.24 bits per heavy atom. The van der Waals surface area contributed by atoms with Gasteiger partial charge >= 0.3 is 5.97 Å². The van der Waals surface area contributed by atoms with Crippen molar-refractivity contribution in [2.45, 2.75) is 26.7 Å². The van der Waals surface area contributed by atoms with Crippen molar-refractivity contribution in [3.63, 3.8) is 0 Å². The first-order chi connectivity index (χ1) is 7.95. The summed E-state index contributed by atoms with van der Waals surface area (Å²) in [5, 5.41) is 0. The topological polar surface area (TPSA) is 63.7 Å². The highest BCUT2D eigenvalue weighted by atomic mass is 32.2. The highest BCUT2D eigenvalue weighted by Gasteiger charge is 2.12. The second-order valence-electron chi connectivity index (χ2n) is 3.94. The lowest BCUT2D eigenvalue weighted by molar-refractivity contribution is -0.141. The predicted octanol–water partition coefficient (Wildman–Crippen LogP) is 0.696. The van der Waals surface area contributed by atoms with E-state index in [9.17, 15) is 13.2 Å². The Kier molecular flexibility index (Phi) is 8.16. The van der Waals surface area contributed by atoms with Gasteiger partial charge in [-0.25, -0.2) is 8.42 Å². The van der Waals surface area contributed by atoms with Crippen LogP contribution in [0.3, 0.4) is 0 Å². The molecule has 0 amide bonds. The molecule has 0 fully saturated rings. The van der Waals surface area contributed by atoms with E-state index in [-0.39, 0.29) is 24.0 Å². The highest BCUT2D eigenvalue weighted by Crippen LogP contribution is 1.99. The first kappa shape index (κ1) is 16.4. The van der Waals surface area contributed by atoms with Gasteiger partial charge in [0.1, 0.15) is 9.84 Å². The number of ether oxygens (including phenoxy) is 1. The normalized spacial score (nSPS) is 11.8. The largest absolute Gasteiger partial charge is 0.468 e. The quantitative estimate of drug-likeness (QED) is 0.574. The van der Waals surface area contributed by atoms with Gasteiger partial charge in [0.25, 0.3) is 0 Å². The van der Waals surface area contributed by atoms with Crippen LogP contribution < -0.4 is 0 Å². The Morgan fingerprint density at radius 2 is 1.88 bits per heavy atom. The van der Waals surface area contributed by atoms with Gasteiger partial charge in [-0.05, 0) is 25.9 Å². The van der Waals surface area contributed by atoms with Gasteiger partial charge in [-0.1, -0.05) is 13.8 Å². The number of nitrogens with zero attached hydrogens (tertiary/aromatic N) is 1.